The normalized spacial score (nSPS) is 16.4. The van der Waals surface area contributed by atoms with Crippen LogP contribution in [-0.2, 0) is 0 Å². The van der Waals surface area contributed by atoms with Crippen LogP contribution in [0.1, 0.15) is 11.6 Å². The average molecular weight is 274 g/mol. The van der Waals surface area contributed by atoms with Crippen molar-refractivity contribution in [1.29, 1.82) is 0 Å². The third-order valence-electron chi connectivity index (χ3n) is 3.19. The van der Waals surface area contributed by atoms with Crippen molar-refractivity contribution in [3.63, 3.8) is 0 Å². The molecule has 0 aromatic heterocycles. The summed E-state index contributed by atoms with van der Waals surface area (Å²) in [5.41, 5.74) is 0.933. The second-order valence-corrected chi connectivity index (χ2v) is 4.46. The number of rotatable bonds is 3. The van der Waals surface area contributed by atoms with E-state index in [1.807, 2.05) is 24.3 Å². The number of hydrogen-bond donors (Lipinski definition) is 1. The first-order valence-corrected chi connectivity index (χ1v) is 6.07. The van der Waals surface area contributed by atoms with E-state index in [0.29, 0.717) is 6.61 Å². The van der Waals surface area contributed by atoms with Crippen molar-refractivity contribution in [2.45, 2.75) is 6.04 Å². The minimum absolute atomic E-state index is 0.185. The third-order valence-corrected chi connectivity index (χ3v) is 3.19. The second kappa shape index (κ2) is 4.80. The zero-order valence-corrected chi connectivity index (χ0v) is 10.4. The fourth-order valence-corrected chi connectivity index (χ4v) is 2.25. The van der Waals surface area contributed by atoms with Crippen LogP contribution in [0.2, 0.25) is 0 Å². The maximum atomic E-state index is 13.1. The van der Waals surface area contributed by atoms with Crippen LogP contribution in [0, 0.1) is 15.9 Å². The fourth-order valence-electron chi connectivity index (χ4n) is 2.25. The van der Waals surface area contributed by atoms with Crippen molar-refractivity contribution in [3.8, 4) is 5.75 Å². The van der Waals surface area contributed by atoms with Gasteiger partial charge in [0.15, 0.2) is 0 Å². The summed E-state index contributed by atoms with van der Waals surface area (Å²) in [6, 6.07) is 10.8. The number of benzene rings is 2. The van der Waals surface area contributed by atoms with Crippen LogP contribution in [0.15, 0.2) is 42.5 Å². The quantitative estimate of drug-likeness (QED) is 0.689. The lowest BCUT2D eigenvalue weighted by molar-refractivity contribution is -0.384. The highest BCUT2D eigenvalue weighted by Gasteiger charge is 2.26. The number of ether oxygens (including phenoxy) is 1. The molecule has 5 nitrogen and oxygen atoms in total. The molecule has 1 atom stereocenters. The first kappa shape index (κ1) is 12.4. The molecule has 0 bridgehead atoms. The molecule has 2 aromatic rings. The van der Waals surface area contributed by atoms with E-state index < -0.39 is 10.7 Å². The van der Waals surface area contributed by atoms with Crippen LogP contribution in [0.5, 0.6) is 5.75 Å². The van der Waals surface area contributed by atoms with E-state index >= 15 is 0 Å². The molecular formula is C14H11FN2O3. The Bertz CT molecular complexity index is 675. The molecule has 0 amide bonds. The topological polar surface area (TPSA) is 64.4 Å². The van der Waals surface area contributed by atoms with Crippen molar-refractivity contribution in [2.75, 3.05) is 11.9 Å². The number of para-hydroxylation sites is 1. The molecule has 1 N–H and O–H groups in total. The van der Waals surface area contributed by atoms with Crippen LogP contribution < -0.4 is 10.1 Å². The lowest BCUT2D eigenvalue weighted by atomic mass is 10.1. The molecule has 1 heterocycles. The number of anilines is 1. The SMILES string of the molecule is O=[N+]([O-])c1cc(F)ccc1NC1COc2ccccc21. The molecule has 0 saturated heterocycles. The molecule has 0 aliphatic carbocycles. The van der Waals surface area contributed by atoms with Crippen molar-refractivity contribution in [1.82, 2.24) is 0 Å². The second-order valence-electron chi connectivity index (χ2n) is 4.46. The lowest BCUT2D eigenvalue weighted by Gasteiger charge is -2.13. The first-order chi connectivity index (χ1) is 9.65. The van der Waals surface area contributed by atoms with Crippen LogP contribution in [0.25, 0.3) is 0 Å². The summed E-state index contributed by atoms with van der Waals surface area (Å²) in [6.45, 7) is 0.383. The smallest absolute Gasteiger partial charge is 0.295 e. The van der Waals surface area contributed by atoms with Gasteiger partial charge in [0.2, 0.25) is 0 Å². The van der Waals surface area contributed by atoms with Gasteiger partial charge in [0.25, 0.3) is 5.69 Å². The maximum Gasteiger partial charge on any atom is 0.295 e. The summed E-state index contributed by atoms with van der Waals surface area (Å²) in [7, 11) is 0. The summed E-state index contributed by atoms with van der Waals surface area (Å²) < 4.78 is 18.6. The van der Waals surface area contributed by atoms with Gasteiger partial charge in [0.1, 0.15) is 23.9 Å². The van der Waals surface area contributed by atoms with E-state index in [9.17, 15) is 14.5 Å². The molecule has 0 fully saturated rings. The van der Waals surface area contributed by atoms with Crippen LogP contribution >= 0.6 is 0 Å². The highest BCUT2D eigenvalue weighted by Crippen LogP contribution is 2.36. The largest absolute Gasteiger partial charge is 0.491 e. The summed E-state index contributed by atoms with van der Waals surface area (Å²) in [5.74, 6) is 0.125. The number of nitro benzene ring substituents is 1. The molecular weight excluding hydrogens is 263 g/mol. The van der Waals surface area contributed by atoms with Gasteiger partial charge in [0.05, 0.1) is 17.0 Å². The first-order valence-electron chi connectivity index (χ1n) is 6.07. The number of nitro groups is 1. The molecule has 2 aromatic carbocycles. The van der Waals surface area contributed by atoms with Gasteiger partial charge in [-0.05, 0) is 18.2 Å². The molecule has 3 rings (SSSR count). The number of nitrogens with one attached hydrogen (secondary N) is 1. The van der Waals surface area contributed by atoms with Crippen LogP contribution in [0.4, 0.5) is 15.8 Å². The lowest BCUT2D eigenvalue weighted by Crippen LogP contribution is -2.13. The minimum atomic E-state index is -0.634. The van der Waals surface area contributed by atoms with E-state index in [4.69, 9.17) is 4.74 Å². The summed E-state index contributed by atoms with van der Waals surface area (Å²) in [5, 5.41) is 14.0. The number of fused-ring (bicyclic) bond motifs is 1. The standard InChI is InChI=1S/C14H11FN2O3/c15-9-5-6-11(13(7-9)17(18)19)16-12-8-20-14-4-2-1-3-10(12)14/h1-7,12,16H,8H2. The third kappa shape index (κ3) is 2.16. The molecule has 6 heteroatoms. The van der Waals surface area contributed by atoms with Gasteiger partial charge < -0.3 is 10.1 Å². The molecule has 0 saturated carbocycles. The Hall–Kier alpha value is -2.63. The van der Waals surface area contributed by atoms with Crippen molar-refractivity contribution in [2.24, 2.45) is 0 Å². The van der Waals surface area contributed by atoms with Crippen LogP contribution in [-0.4, -0.2) is 11.5 Å². The van der Waals surface area contributed by atoms with E-state index in [2.05, 4.69) is 5.32 Å². The molecule has 1 aliphatic heterocycles. The maximum absolute atomic E-state index is 13.1. The van der Waals surface area contributed by atoms with Gasteiger partial charge in [-0.15, -0.1) is 0 Å². The Kier molecular flexibility index (Phi) is 2.98. The zero-order chi connectivity index (χ0) is 14.1. The monoisotopic (exact) mass is 274 g/mol. The van der Waals surface area contributed by atoms with E-state index in [1.54, 1.807) is 0 Å². The predicted molar refractivity (Wildman–Crippen MR) is 71.4 cm³/mol. The predicted octanol–water partition coefficient (Wildman–Crippen LogP) is 3.28. The molecule has 20 heavy (non-hydrogen) atoms. The van der Waals surface area contributed by atoms with Gasteiger partial charge in [-0.3, -0.25) is 10.1 Å². The van der Waals surface area contributed by atoms with Gasteiger partial charge in [-0.25, -0.2) is 4.39 Å². The number of halogens is 1. The van der Waals surface area contributed by atoms with E-state index in [0.717, 1.165) is 17.4 Å². The van der Waals surface area contributed by atoms with Gasteiger partial charge in [-0.2, -0.15) is 0 Å². The number of nitrogens with zero attached hydrogens (tertiary/aromatic N) is 1. The van der Waals surface area contributed by atoms with Gasteiger partial charge in [0, 0.05) is 5.56 Å². The van der Waals surface area contributed by atoms with E-state index in [1.165, 1.54) is 12.1 Å². The molecule has 0 spiro atoms. The Morgan fingerprint density at radius 1 is 1.30 bits per heavy atom. The zero-order valence-electron chi connectivity index (χ0n) is 10.4. The average Bonchev–Trinajstić information content (AvgIpc) is 2.84. The summed E-state index contributed by atoms with van der Waals surface area (Å²) in [4.78, 5) is 10.4. The molecule has 102 valence electrons. The van der Waals surface area contributed by atoms with Crippen molar-refractivity contribution >= 4 is 11.4 Å². The highest BCUT2D eigenvalue weighted by atomic mass is 19.1. The summed E-state index contributed by atoms with van der Waals surface area (Å²) in [6.07, 6.45) is 0. The molecule has 1 aliphatic rings. The van der Waals surface area contributed by atoms with E-state index in [-0.39, 0.29) is 17.4 Å². The Morgan fingerprint density at radius 2 is 2.10 bits per heavy atom. The Labute approximate surface area is 114 Å². The Morgan fingerprint density at radius 3 is 2.90 bits per heavy atom. The van der Waals surface area contributed by atoms with Gasteiger partial charge >= 0.3 is 0 Å². The molecule has 0 radical (unpaired) electrons. The minimum Gasteiger partial charge on any atom is -0.491 e. The fraction of sp³-hybridized carbons (Fsp3) is 0.143. The van der Waals surface area contributed by atoms with Crippen molar-refractivity contribution < 1.29 is 14.1 Å². The highest BCUT2D eigenvalue weighted by molar-refractivity contribution is 5.63. The Balaban J connectivity index is 1.92. The molecule has 1 unspecified atom stereocenters. The number of hydrogen-bond acceptors (Lipinski definition) is 4. The van der Waals surface area contributed by atoms with Crippen molar-refractivity contribution in [3.05, 3.63) is 64.0 Å². The summed E-state index contributed by atoms with van der Waals surface area (Å²) >= 11 is 0. The van der Waals surface area contributed by atoms with Gasteiger partial charge in [-0.1, -0.05) is 18.2 Å². The van der Waals surface area contributed by atoms with Crippen LogP contribution in [0.3, 0.4) is 0 Å².